The van der Waals surface area contributed by atoms with Gasteiger partial charge < -0.3 is 4.74 Å². The molecule has 1 aliphatic carbocycles. The summed E-state index contributed by atoms with van der Waals surface area (Å²) in [5.74, 6) is -3.24. The Hall–Kier alpha value is -0.670. The van der Waals surface area contributed by atoms with Crippen molar-refractivity contribution >= 4 is 5.97 Å². The highest BCUT2D eigenvalue weighted by Gasteiger charge is 2.54. The van der Waals surface area contributed by atoms with E-state index in [1.807, 2.05) is 0 Å². The number of ether oxygens (including phenoxy) is 1. The minimum atomic E-state index is -2.57. The average molecular weight is 192 g/mol. The van der Waals surface area contributed by atoms with Crippen molar-refractivity contribution in [2.24, 2.45) is 11.3 Å². The van der Waals surface area contributed by atoms with E-state index in [-0.39, 0.29) is 18.8 Å². The van der Waals surface area contributed by atoms with Crippen LogP contribution in [0.25, 0.3) is 0 Å². The van der Waals surface area contributed by atoms with Gasteiger partial charge in [-0.1, -0.05) is 0 Å². The van der Waals surface area contributed by atoms with Gasteiger partial charge in [0.25, 0.3) is 0 Å². The van der Waals surface area contributed by atoms with Crippen LogP contribution in [0.1, 0.15) is 26.7 Å². The SMILES string of the molecule is COC(=O)C(C)(C)C1CC(F)(F)C1. The molecule has 1 saturated carbocycles. The number of hydrogen-bond acceptors (Lipinski definition) is 2. The van der Waals surface area contributed by atoms with Crippen LogP contribution in [-0.4, -0.2) is 19.0 Å². The van der Waals surface area contributed by atoms with Crippen LogP contribution in [0.3, 0.4) is 0 Å². The standard InChI is InChI=1S/C9H14F2O2/c1-8(2,7(12)13-3)6-4-9(10,11)5-6/h6H,4-5H2,1-3H3. The fraction of sp³-hybridized carbons (Fsp3) is 0.889. The molecule has 76 valence electrons. The molecule has 2 nitrogen and oxygen atoms in total. The highest BCUT2D eigenvalue weighted by molar-refractivity contribution is 5.76. The van der Waals surface area contributed by atoms with Gasteiger partial charge in [-0.15, -0.1) is 0 Å². The van der Waals surface area contributed by atoms with Crippen LogP contribution in [-0.2, 0) is 9.53 Å². The lowest BCUT2D eigenvalue weighted by atomic mass is 9.65. The summed E-state index contributed by atoms with van der Waals surface area (Å²) in [5.41, 5.74) is -0.781. The summed E-state index contributed by atoms with van der Waals surface area (Å²) < 4.78 is 29.6. The Morgan fingerprint density at radius 2 is 1.92 bits per heavy atom. The molecule has 1 rings (SSSR count). The van der Waals surface area contributed by atoms with Gasteiger partial charge in [0.05, 0.1) is 12.5 Å². The van der Waals surface area contributed by atoms with Gasteiger partial charge in [0.2, 0.25) is 5.92 Å². The summed E-state index contributed by atoms with van der Waals surface area (Å²) >= 11 is 0. The van der Waals surface area contributed by atoms with E-state index in [4.69, 9.17) is 0 Å². The van der Waals surface area contributed by atoms with Crippen LogP contribution < -0.4 is 0 Å². The Morgan fingerprint density at radius 1 is 1.46 bits per heavy atom. The monoisotopic (exact) mass is 192 g/mol. The largest absolute Gasteiger partial charge is 0.469 e. The molecule has 0 bridgehead atoms. The molecule has 0 aliphatic heterocycles. The molecular formula is C9H14F2O2. The van der Waals surface area contributed by atoms with Crippen LogP contribution in [0.4, 0.5) is 8.78 Å². The van der Waals surface area contributed by atoms with Gasteiger partial charge in [-0.25, -0.2) is 8.78 Å². The normalized spacial score (nSPS) is 22.2. The predicted octanol–water partition coefficient (Wildman–Crippen LogP) is 2.23. The third kappa shape index (κ3) is 1.81. The molecule has 0 heterocycles. The van der Waals surface area contributed by atoms with E-state index in [0.29, 0.717) is 0 Å². The fourth-order valence-corrected chi connectivity index (χ4v) is 1.60. The number of rotatable bonds is 2. The number of carbonyl (C=O) groups is 1. The maximum absolute atomic E-state index is 12.5. The average Bonchev–Trinajstić information content (AvgIpc) is 1.98. The molecule has 13 heavy (non-hydrogen) atoms. The molecule has 0 aromatic rings. The first-order chi connectivity index (χ1) is 5.79. The van der Waals surface area contributed by atoms with Crippen molar-refractivity contribution in [2.75, 3.05) is 7.11 Å². The van der Waals surface area contributed by atoms with Gasteiger partial charge in [-0.2, -0.15) is 0 Å². The van der Waals surface area contributed by atoms with Crippen molar-refractivity contribution in [3.63, 3.8) is 0 Å². The zero-order valence-electron chi connectivity index (χ0n) is 8.06. The Morgan fingerprint density at radius 3 is 2.23 bits per heavy atom. The van der Waals surface area contributed by atoms with E-state index in [9.17, 15) is 13.6 Å². The van der Waals surface area contributed by atoms with E-state index in [1.165, 1.54) is 7.11 Å². The highest BCUT2D eigenvalue weighted by Crippen LogP contribution is 2.51. The first-order valence-electron chi connectivity index (χ1n) is 4.26. The van der Waals surface area contributed by atoms with Crippen LogP contribution >= 0.6 is 0 Å². The highest BCUT2D eigenvalue weighted by atomic mass is 19.3. The van der Waals surface area contributed by atoms with Crippen LogP contribution in [0.2, 0.25) is 0 Å². The van der Waals surface area contributed by atoms with Crippen LogP contribution in [0.5, 0.6) is 0 Å². The summed E-state index contributed by atoms with van der Waals surface area (Å²) in [6.45, 7) is 3.30. The summed E-state index contributed by atoms with van der Waals surface area (Å²) in [5, 5.41) is 0. The maximum Gasteiger partial charge on any atom is 0.311 e. The molecule has 0 amide bonds. The Labute approximate surface area is 76.3 Å². The quantitative estimate of drug-likeness (QED) is 0.627. The number of alkyl halides is 2. The van der Waals surface area contributed by atoms with Gasteiger partial charge in [-0.3, -0.25) is 4.79 Å². The zero-order chi connectivity index (χ0) is 10.3. The third-order valence-electron chi connectivity index (χ3n) is 2.82. The topological polar surface area (TPSA) is 26.3 Å². The molecule has 4 heteroatoms. The summed E-state index contributed by atoms with van der Waals surface area (Å²) in [6, 6.07) is 0. The molecule has 0 atom stereocenters. The molecule has 0 aromatic heterocycles. The number of carbonyl (C=O) groups excluding carboxylic acids is 1. The molecule has 1 aliphatic rings. The smallest absolute Gasteiger partial charge is 0.311 e. The molecule has 0 unspecified atom stereocenters. The number of methoxy groups -OCH3 is 1. The second kappa shape index (κ2) is 2.93. The molecule has 0 saturated heterocycles. The van der Waals surface area contributed by atoms with Gasteiger partial charge in [0, 0.05) is 12.8 Å². The van der Waals surface area contributed by atoms with Crippen LogP contribution in [0.15, 0.2) is 0 Å². The second-order valence-corrected chi connectivity index (χ2v) is 4.17. The first-order valence-corrected chi connectivity index (χ1v) is 4.26. The Bertz CT molecular complexity index is 216. The molecule has 0 radical (unpaired) electrons. The molecule has 1 fully saturated rings. The van der Waals surface area contributed by atoms with Gasteiger partial charge in [0.1, 0.15) is 0 Å². The maximum atomic E-state index is 12.5. The van der Waals surface area contributed by atoms with E-state index in [2.05, 4.69) is 4.74 Å². The van der Waals surface area contributed by atoms with Crippen molar-refractivity contribution in [3.8, 4) is 0 Å². The van der Waals surface area contributed by atoms with E-state index in [0.717, 1.165) is 0 Å². The summed E-state index contributed by atoms with van der Waals surface area (Å²) in [6.07, 6.45) is -0.399. The van der Waals surface area contributed by atoms with E-state index < -0.39 is 17.3 Å². The van der Waals surface area contributed by atoms with Crippen molar-refractivity contribution < 1.29 is 18.3 Å². The Kier molecular flexibility index (Phi) is 2.34. The van der Waals surface area contributed by atoms with Crippen molar-refractivity contribution in [3.05, 3.63) is 0 Å². The lowest BCUT2D eigenvalue weighted by Crippen LogP contribution is -2.47. The van der Waals surface area contributed by atoms with Crippen molar-refractivity contribution in [1.82, 2.24) is 0 Å². The summed E-state index contributed by atoms with van der Waals surface area (Å²) in [7, 11) is 1.28. The van der Waals surface area contributed by atoms with Crippen LogP contribution in [0, 0.1) is 11.3 Å². The number of halogens is 2. The van der Waals surface area contributed by atoms with Crippen molar-refractivity contribution in [1.29, 1.82) is 0 Å². The molecule has 0 spiro atoms. The predicted molar refractivity (Wildman–Crippen MR) is 43.5 cm³/mol. The minimum absolute atomic E-state index is 0.199. The first kappa shape index (κ1) is 10.4. The summed E-state index contributed by atoms with van der Waals surface area (Å²) in [4.78, 5) is 11.2. The lowest BCUT2D eigenvalue weighted by Gasteiger charge is -2.43. The third-order valence-corrected chi connectivity index (χ3v) is 2.82. The Balaban J connectivity index is 2.58. The zero-order valence-corrected chi connectivity index (χ0v) is 8.06. The van der Waals surface area contributed by atoms with Gasteiger partial charge >= 0.3 is 5.97 Å². The van der Waals surface area contributed by atoms with Gasteiger partial charge in [0.15, 0.2) is 0 Å². The molecule has 0 N–H and O–H groups in total. The molecular weight excluding hydrogens is 178 g/mol. The van der Waals surface area contributed by atoms with Gasteiger partial charge in [-0.05, 0) is 19.8 Å². The van der Waals surface area contributed by atoms with E-state index in [1.54, 1.807) is 13.8 Å². The number of hydrogen-bond donors (Lipinski definition) is 0. The molecule has 0 aromatic carbocycles. The van der Waals surface area contributed by atoms with E-state index >= 15 is 0 Å². The lowest BCUT2D eigenvalue weighted by molar-refractivity contribution is -0.175. The number of esters is 1. The van der Waals surface area contributed by atoms with Crippen molar-refractivity contribution in [2.45, 2.75) is 32.6 Å². The fourth-order valence-electron chi connectivity index (χ4n) is 1.60. The second-order valence-electron chi connectivity index (χ2n) is 4.17. The minimum Gasteiger partial charge on any atom is -0.469 e.